The van der Waals surface area contributed by atoms with E-state index in [4.69, 9.17) is 4.74 Å². The second-order valence-electron chi connectivity index (χ2n) is 8.45. The average molecular weight is 522 g/mol. The first-order chi connectivity index (χ1) is 16.9. The maximum Gasteiger partial charge on any atom is 0.408 e. The van der Waals surface area contributed by atoms with Crippen LogP contribution in [-0.4, -0.2) is 37.0 Å². The zero-order valence-electron chi connectivity index (χ0n) is 19.6. The van der Waals surface area contributed by atoms with Gasteiger partial charge in [-0.2, -0.15) is 23.0 Å². The number of sulfonamides is 1. The largest absolute Gasteiger partial charge is 0.491 e. The summed E-state index contributed by atoms with van der Waals surface area (Å²) >= 11 is 0. The summed E-state index contributed by atoms with van der Waals surface area (Å²) in [5.74, 6) is -0.478. The van der Waals surface area contributed by atoms with E-state index in [9.17, 15) is 26.0 Å². The topological polar surface area (TPSA) is 73.2 Å². The van der Waals surface area contributed by atoms with Crippen LogP contribution in [0.25, 0.3) is 16.6 Å². The first-order valence-electron chi connectivity index (χ1n) is 10.9. The molecule has 1 aromatic heterocycles. The van der Waals surface area contributed by atoms with Crippen LogP contribution in [0.3, 0.4) is 0 Å². The number of nitrogens with zero attached hydrogens (tertiary/aromatic N) is 2. The van der Waals surface area contributed by atoms with Crippen molar-refractivity contribution < 1.29 is 30.7 Å². The van der Waals surface area contributed by atoms with Crippen molar-refractivity contribution in [1.82, 2.24) is 14.5 Å². The van der Waals surface area contributed by atoms with Gasteiger partial charge in [0.1, 0.15) is 23.9 Å². The number of fused-ring (bicyclic) bond motifs is 1. The maximum absolute atomic E-state index is 14.3. The summed E-state index contributed by atoms with van der Waals surface area (Å²) in [7, 11) is -4.51. The van der Waals surface area contributed by atoms with Crippen LogP contribution in [-0.2, 0) is 10.0 Å². The molecule has 1 heterocycles. The molecule has 6 nitrogen and oxygen atoms in total. The minimum absolute atomic E-state index is 0.0474. The number of rotatable bonds is 7. The van der Waals surface area contributed by atoms with Crippen molar-refractivity contribution in [3.8, 4) is 11.4 Å². The minimum Gasteiger partial charge on any atom is -0.491 e. The van der Waals surface area contributed by atoms with Gasteiger partial charge in [-0.1, -0.05) is 35.9 Å². The van der Waals surface area contributed by atoms with E-state index in [1.54, 1.807) is 35.9 Å². The Hall–Kier alpha value is -3.44. The van der Waals surface area contributed by atoms with Gasteiger partial charge in [0.05, 0.1) is 22.0 Å². The van der Waals surface area contributed by atoms with Crippen LogP contribution in [0.4, 0.5) is 17.6 Å². The molecule has 0 aliphatic heterocycles. The second-order valence-corrected chi connectivity index (χ2v) is 10.1. The highest BCUT2D eigenvalue weighted by Gasteiger charge is 2.43. The van der Waals surface area contributed by atoms with Gasteiger partial charge in [0, 0.05) is 0 Å². The molecule has 0 aliphatic carbocycles. The van der Waals surface area contributed by atoms with Gasteiger partial charge in [0.2, 0.25) is 10.0 Å². The van der Waals surface area contributed by atoms with Gasteiger partial charge in [0.25, 0.3) is 0 Å². The normalized spacial score (nSPS) is 13.2. The summed E-state index contributed by atoms with van der Waals surface area (Å²) in [6.45, 7) is 3.81. The molecule has 3 aromatic carbocycles. The Labute approximate surface area is 205 Å². The van der Waals surface area contributed by atoms with Crippen LogP contribution < -0.4 is 9.46 Å². The van der Waals surface area contributed by atoms with Crippen LogP contribution in [0.2, 0.25) is 0 Å². The number of alkyl halides is 3. The van der Waals surface area contributed by atoms with Crippen LogP contribution in [0.15, 0.2) is 65.7 Å². The van der Waals surface area contributed by atoms with Crippen LogP contribution in [0.1, 0.15) is 16.7 Å². The van der Waals surface area contributed by atoms with Gasteiger partial charge in [-0.15, -0.1) is 0 Å². The average Bonchev–Trinajstić information content (AvgIpc) is 3.20. The standard InChI is InChI=1S/C25H23F4N3O3S/c1-15-11-16(2)24(17(3)12-15)36(33,34)31-23(25(27,28)29)14-35-22-10-6-9-20-18(22)13-30-32(20)21-8-5-4-7-19(21)26/h4-13,23,31H,14H2,1-3H3. The summed E-state index contributed by atoms with van der Waals surface area (Å²) in [6, 6.07) is 11.2. The summed E-state index contributed by atoms with van der Waals surface area (Å²) in [5.41, 5.74) is 2.05. The third-order valence-electron chi connectivity index (χ3n) is 5.63. The summed E-state index contributed by atoms with van der Waals surface area (Å²) in [4.78, 5) is -0.199. The molecule has 0 aliphatic rings. The highest BCUT2D eigenvalue weighted by molar-refractivity contribution is 7.89. The number of nitrogens with one attached hydrogen (secondary N) is 1. The van der Waals surface area contributed by atoms with Gasteiger partial charge < -0.3 is 4.74 Å². The third-order valence-corrected chi connectivity index (χ3v) is 7.40. The minimum atomic E-state index is -4.93. The van der Waals surface area contributed by atoms with Crippen LogP contribution in [0, 0.1) is 26.6 Å². The first kappa shape index (κ1) is 25.6. The van der Waals surface area contributed by atoms with E-state index >= 15 is 0 Å². The molecule has 0 bridgehead atoms. The number of hydrogen-bond acceptors (Lipinski definition) is 4. The Kier molecular flexibility index (Phi) is 6.80. The van der Waals surface area contributed by atoms with Crippen molar-refractivity contribution in [2.45, 2.75) is 37.9 Å². The number of aryl methyl sites for hydroxylation is 3. The van der Waals surface area contributed by atoms with E-state index in [1.807, 2.05) is 0 Å². The lowest BCUT2D eigenvalue weighted by Crippen LogP contribution is -2.49. The predicted molar refractivity (Wildman–Crippen MR) is 127 cm³/mol. The van der Waals surface area contributed by atoms with Crippen molar-refractivity contribution >= 4 is 20.9 Å². The molecule has 0 saturated carbocycles. The lowest BCUT2D eigenvalue weighted by Gasteiger charge is -2.23. The van der Waals surface area contributed by atoms with Gasteiger partial charge in [-0.3, -0.25) is 0 Å². The number of halogens is 4. The van der Waals surface area contributed by atoms with E-state index in [0.717, 1.165) is 5.56 Å². The quantitative estimate of drug-likeness (QED) is 0.332. The van der Waals surface area contributed by atoms with E-state index in [2.05, 4.69) is 5.10 Å². The summed E-state index contributed by atoms with van der Waals surface area (Å²) < 4.78 is 90.2. The Balaban J connectivity index is 1.63. The number of para-hydroxylation sites is 1. The number of aromatic nitrogens is 2. The van der Waals surface area contributed by atoms with Gasteiger partial charge in [-0.05, 0) is 56.2 Å². The Morgan fingerprint density at radius 3 is 2.33 bits per heavy atom. The van der Waals surface area contributed by atoms with Crippen LogP contribution in [0.5, 0.6) is 5.75 Å². The molecule has 36 heavy (non-hydrogen) atoms. The second kappa shape index (κ2) is 9.55. The molecule has 4 aromatic rings. The monoisotopic (exact) mass is 521 g/mol. The molecule has 0 amide bonds. The van der Waals surface area contributed by atoms with Crippen molar-refractivity contribution in [3.63, 3.8) is 0 Å². The van der Waals surface area contributed by atoms with Crippen molar-refractivity contribution in [3.05, 3.63) is 83.3 Å². The predicted octanol–water partition coefficient (Wildman–Crippen LogP) is 5.38. The lowest BCUT2D eigenvalue weighted by molar-refractivity contribution is -0.157. The first-order valence-corrected chi connectivity index (χ1v) is 12.4. The Bertz CT molecular complexity index is 1510. The Morgan fingerprint density at radius 1 is 1.03 bits per heavy atom. The molecule has 0 radical (unpaired) electrons. The number of ether oxygens (including phenoxy) is 1. The van der Waals surface area contributed by atoms with Crippen LogP contribution >= 0.6 is 0 Å². The molecule has 0 fully saturated rings. The van der Waals surface area contributed by atoms with Gasteiger partial charge in [0.15, 0.2) is 6.04 Å². The maximum atomic E-state index is 14.3. The molecule has 1 atom stereocenters. The fraction of sp³-hybridized carbons (Fsp3) is 0.240. The van der Waals surface area contributed by atoms with E-state index in [1.165, 1.54) is 55.1 Å². The number of hydrogen-bond donors (Lipinski definition) is 1. The molecule has 4 rings (SSSR count). The fourth-order valence-electron chi connectivity index (χ4n) is 4.17. The zero-order chi connectivity index (χ0) is 26.3. The van der Waals surface area contributed by atoms with Crippen molar-refractivity contribution in [1.29, 1.82) is 0 Å². The fourth-order valence-corrected chi connectivity index (χ4v) is 5.83. The summed E-state index contributed by atoms with van der Waals surface area (Å²) in [5, 5.41) is 4.49. The molecular formula is C25H23F4N3O3S. The Morgan fingerprint density at radius 2 is 1.69 bits per heavy atom. The summed E-state index contributed by atoms with van der Waals surface area (Å²) in [6.07, 6.45) is -3.58. The van der Waals surface area contributed by atoms with Gasteiger partial charge >= 0.3 is 6.18 Å². The SMILES string of the molecule is Cc1cc(C)c(S(=O)(=O)NC(COc2cccc3c2cnn3-c2ccccc2F)C(F)(F)F)c(C)c1. The molecule has 190 valence electrons. The highest BCUT2D eigenvalue weighted by atomic mass is 32.2. The molecule has 0 saturated heterocycles. The third kappa shape index (κ3) is 5.07. The lowest BCUT2D eigenvalue weighted by atomic mass is 10.1. The smallest absolute Gasteiger partial charge is 0.408 e. The number of benzene rings is 3. The van der Waals surface area contributed by atoms with E-state index in [0.29, 0.717) is 22.0 Å². The molecule has 11 heteroatoms. The van der Waals surface area contributed by atoms with Crippen molar-refractivity contribution in [2.24, 2.45) is 0 Å². The molecule has 1 unspecified atom stereocenters. The van der Waals surface area contributed by atoms with E-state index in [-0.39, 0.29) is 16.3 Å². The highest BCUT2D eigenvalue weighted by Crippen LogP contribution is 2.30. The van der Waals surface area contributed by atoms with Crippen molar-refractivity contribution in [2.75, 3.05) is 6.61 Å². The van der Waals surface area contributed by atoms with E-state index < -0.39 is 34.7 Å². The van der Waals surface area contributed by atoms with Gasteiger partial charge in [-0.25, -0.2) is 17.5 Å². The molecular weight excluding hydrogens is 498 g/mol. The molecule has 1 N–H and O–H groups in total. The zero-order valence-corrected chi connectivity index (χ0v) is 20.4. The molecule has 0 spiro atoms.